The zero-order valence-electron chi connectivity index (χ0n) is 9.11. The van der Waals surface area contributed by atoms with Gasteiger partial charge in [-0.15, -0.1) is 0 Å². The summed E-state index contributed by atoms with van der Waals surface area (Å²) in [4.78, 5) is 0. The minimum Gasteiger partial charge on any atom is -0.449 e. The van der Waals surface area contributed by atoms with E-state index in [1.54, 1.807) is 12.1 Å². The van der Waals surface area contributed by atoms with E-state index in [1.165, 1.54) is 0 Å². The van der Waals surface area contributed by atoms with E-state index in [0.29, 0.717) is 18.8 Å². The molecule has 0 aliphatic rings. The van der Waals surface area contributed by atoms with Crippen molar-refractivity contribution in [2.75, 3.05) is 0 Å². The number of nitriles is 1. The smallest absolute Gasteiger partial charge is 0.203 e. The average molecular weight is 247 g/mol. The fourth-order valence-corrected chi connectivity index (χ4v) is 1.72. The van der Waals surface area contributed by atoms with Crippen LogP contribution in [0.15, 0.2) is 40.8 Å². The van der Waals surface area contributed by atoms with Gasteiger partial charge in [-0.05, 0) is 29.8 Å². The second-order valence-electron chi connectivity index (χ2n) is 3.61. The Hall–Kier alpha value is -1.76. The zero-order chi connectivity index (χ0) is 12.1. The highest BCUT2D eigenvalue weighted by Gasteiger charge is 2.00. The first-order valence-electron chi connectivity index (χ1n) is 5.22. The summed E-state index contributed by atoms with van der Waals surface area (Å²) in [6.07, 6.45) is 0. The molecule has 17 heavy (non-hydrogen) atoms. The lowest BCUT2D eigenvalue weighted by atomic mass is 10.2. The maximum atomic E-state index is 8.61. The highest BCUT2D eigenvalue weighted by molar-refractivity contribution is 6.30. The summed E-state index contributed by atoms with van der Waals surface area (Å²) in [6, 6.07) is 13.1. The number of hydrogen-bond acceptors (Lipinski definition) is 3. The molecule has 3 nitrogen and oxygen atoms in total. The molecule has 0 saturated heterocycles. The lowest BCUT2D eigenvalue weighted by Gasteiger charge is -2.03. The van der Waals surface area contributed by atoms with E-state index in [9.17, 15) is 0 Å². The maximum absolute atomic E-state index is 8.61. The van der Waals surface area contributed by atoms with Crippen LogP contribution in [-0.2, 0) is 13.1 Å². The lowest BCUT2D eigenvalue weighted by Crippen LogP contribution is -2.11. The molecule has 0 aliphatic carbocycles. The summed E-state index contributed by atoms with van der Waals surface area (Å²) in [7, 11) is 0. The minimum absolute atomic E-state index is 0.338. The second-order valence-corrected chi connectivity index (χ2v) is 4.05. The van der Waals surface area contributed by atoms with Crippen molar-refractivity contribution in [1.29, 1.82) is 5.26 Å². The predicted octanol–water partition coefficient (Wildman–Crippen LogP) is 3.09. The van der Waals surface area contributed by atoms with Gasteiger partial charge in [0, 0.05) is 11.6 Å². The SMILES string of the molecule is N#Cc1ccc(CNCc2cccc(Cl)c2)o1. The number of furan rings is 1. The fourth-order valence-electron chi connectivity index (χ4n) is 1.51. The monoisotopic (exact) mass is 246 g/mol. The molecule has 1 N–H and O–H groups in total. The normalized spacial score (nSPS) is 10.1. The van der Waals surface area contributed by atoms with E-state index in [4.69, 9.17) is 21.3 Å². The van der Waals surface area contributed by atoms with Gasteiger partial charge in [0.25, 0.3) is 0 Å². The Morgan fingerprint density at radius 3 is 2.82 bits per heavy atom. The molecule has 0 bridgehead atoms. The van der Waals surface area contributed by atoms with Crippen LogP contribution < -0.4 is 5.32 Å². The average Bonchev–Trinajstić information content (AvgIpc) is 2.77. The molecule has 0 unspecified atom stereocenters. The van der Waals surface area contributed by atoms with Gasteiger partial charge in [0.15, 0.2) is 0 Å². The summed E-state index contributed by atoms with van der Waals surface area (Å²) in [5.41, 5.74) is 1.12. The number of nitrogens with one attached hydrogen (secondary N) is 1. The number of halogens is 1. The summed E-state index contributed by atoms with van der Waals surface area (Å²) < 4.78 is 5.24. The molecule has 0 spiro atoms. The fraction of sp³-hybridized carbons (Fsp3) is 0.154. The van der Waals surface area contributed by atoms with Gasteiger partial charge in [0.1, 0.15) is 11.8 Å². The molecule has 0 atom stereocenters. The Labute approximate surface area is 105 Å². The molecular weight excluding hydrogens is 236 g/mol. The molecule has 1 aromatic heterocycles. The first-order valence-corrected chi connectivity index (χ1v) is 5.60. The Morgan fingerprint density at radius 1 is 1.24 bits per heavy atom. The van der Waals surface area contributed by atoms with Crippen molar-refractivity contribution in [1.82, 2.24) is 5.32 Å². The van der Waals surface area contributed by atoms with E-state index in [0.717, 1.165) is 16.3 Å². The van der Waals surface area contributed by atoms with E-state index in [1.807, 2.05) is 30.3 Å². The Morgan fingerprint density at radius 2 is 2.12 bits per heavy atom. The van der Waals surface area contributed by atoms with Gasteiger partial charge < -0.3 is 9.73 Å². The van der Waals surface area contributed by atoms with Gasteiger partial charge in [0.05, 0.1) is 6.54 Å². The van der Waals surface area contributed by atoms with E-state index < -0.39 is 0 Å². The molecule has 2 aromatic rings. The molecule has 0 saturated carbocycles. The second kappa shape index (κ2) is 5.53. The van der Waals surface area contributed by atoms with Crippen molar-refractivity contribution in [3.8, 4) is 6.07 Å². The van der Waals surface area contributed by atoms with Crippen molar-refractivity contribution in [2.24, 2.45) is 0 Å². The predicted molar refractivity (Wildman–Crippen MR) is 65.4 cm³/mol. The highest BCUT2D eigenvalue weighted by atomic mass is 35.5. The van der Waals surface area contributed by atoms with Gasteiger partial charge in [-0.25, -0.2) is 0 Å². The summed E-state index contributed by atoms with van der Waals surface area (Å²) in [6.45, 7) is 1.30. The van der Waals surface area contributed by atoms with Crippen LogP contribution in [0, 0.1) is 11.3 Å². The van der Waals surface area contributed by atoms with Gasteiger partial charge >= 0.3 is 0 Å². The van der Waals surface area contributed by atoms with Gasteiger partial charge in [-0.2, -0.15) is 5.26 Å². The van der Waals surface area contributed by atoms with Gasteiger partial charge in [-0.1, -0.05) is 23.7 Å². The molecule has 2 rings (SSSR count). The minimum atomic E-state index is 0.338. The van der Waals surface area contributed by atoms with Crippen LogP contribution in [0.25, 0.3) is 0 Å². The van der Waals surface area contributed by atoms with Crippen molar-refractivity contribution >= 4 is 11.6 Å². The third kappa shape index (κ3) is 3.35. The Kier molecular flexibility index (Phi) is 3.81. The van der Waals surface area contributed by atoms with Gasteiger partial charge in [-0.3, -0.25) is 0 Å². The quantitative estimate of drug-likeness (QED) is 0.902. The van der Waals surface area contributed by atoms with Crippen LogP contribution in [0.1, 0.15) is 17.1 Å². The molecule has 4 heteroatoms. The summed E-state index contributed by atoms with van der Waals surface area (Å²) >= 11 is 5.88. The Bertz CT molecular complexity index is 542. The molecule has 0 amide bonds. The highest BCUT2D eigenvalue weighted by Crippen LogP contribution is 2.11. The number of benzene rings is 1. The largest absolute Gasteiger partial charge is 0.449 e. The number of nitrogens with zero attached hydrogens (tertiary/aromatic N) is 1. The van der Waals surface area contributed by atoms with Crippen molar-refractivity contribution in [3.05, 3.63) is 58.5 Å². The molecule has 0 radical (unpaired) electrons. The van der Waals surface area contributed by atoms with E-state index >= 15 is 0 Å². The van der Waals surface area contributed by atoms with Crippen molar-refractivity contribution in [2.45, 2.75) is 13.1 Å². The number of rotatable bonds is 4. The van der Waals surface area contributed by atoms with Crippen LogP contribution in [0.2, 0.25) is 5.02 Å². The first kappa shape index (κ1) is 11.7. The van der Waals surface area contributed by atoms with Crippen LogP contribution in [0.3, 0.4) is 0 Å². The molecule has 0 aliphatic heterocycles. The standard InChI is InChI=1S/C13H11ClN2O/c14-11-3-1-2-10(6-11)8-16-9-13-5-4-12(7-15)17-13/h1-6,16H,8-9H2. The van der Waals surface area contributed by atoms with Crippen LogP contribution in [0.5, 0.6) is 0 Å². The summed E-state index contributed by atoms with van der Waals surface area (Å²) in [5, 5.41) is 12.6. The number of hydrogen-bond donors (Lipinski definition) is 1. The van der Waals surface area contributed by atoms with Crippen LogP contribution in [0.4, 0.5) is 0 Å². The molecule has 1 aromatic carbocycles. The maximum Gasteiger partial charge on any atom is 0.203 e. The third-order valence-electron chi connectivity index (χ3n) is 2.29. The van der Waals surface area contributed by atoms with Gasteiger partial charge in [0.2, 0.25) is 5.76 Å². The summed E-state index contributed by atoms with van der Waals surface area (Å²) in [5.74, 6) is 1.09. The molecule has 0 fully saturated rings. The third-order valence-corrected chi connectivity index (χ3v) is 2.52. The topological polar surface area (TPSA) is 49.0 Å². The lowest BCUT2D eigenvalue weighted by molar-refractivity contribution is 0.474. The first-order chi connectivity index (χ1) is 8.28. The molecule has 1 heterocycles. The van der Waals surface area contributed by atoms with E-state index in [2.05, 4.69) is 5.32 Å². The van der Waals surface area contributed by atoms with Crippen molar-refractivity contribution in [3.63, 3.8) is 0 Å². The van der Waals surface area contributed by atoms with Crippen LogP contribution >= 0.6 is 11.6 Å². The van der Waals surface area contributed by atoms with Crippen LogP contribution in [-0.4, -0.2) is 0 Å². The molecular formula is C13H11ClN2O. The van der Waals surface area contributed by atoms with E-state index in [-0.39, 0.29) is 0 Å². The van der Waals surface area contributed by atoms with Crippen molar-refractivity contribution < 1.29 is 4.42 Å². The Balaban J connectivity index is 1.85. The molecule has 86 valence electrons. The zero-order valence-corrected chi connectivity index (χ0v) is 9.87.